The minimum Gasteiger partial charge on any atom is -0.381 e. The van der Waals surface area contributed by atoms with Gasteiger partial charge >= 0.3 is 0 Å². The van der Waals surface area contributed by atoms with E-state index < -0.39 is 5.82 Å². The number of rotatable bonds is 1. The fourth-order valence-corrected chi connectivity index (χ4v) is 1.87. The molecule has 0 amide bonds. The first kappa shape index (κ1) is 10.4. The minimum atomic E-state index is -0.459. The van der Waals surface area contributed by atoms with Crippen LogP contribution in [0.25, 0.3) is 11.3 Å². The molecule has 0 saturated heterocycles. The summed E-state index contributed by atoms with van der Waals surface area (Å²) in [5.74, 6) is -0.400. The molecule has 5 heteroatoms. The molecule has 0 atom stereocenters. The maximum atomic E-state index is 13.6. The zero-order valence-corrected chi connectivity index (χ0v) is 10.2. The van der Waals surface area contributed by atoms with Crippen molar-refractivity contribution in [3.8, 4) is 11.3 Å². The van der Waals surface area contributed by atoms with Crippen molar-refractivity contribution in [2.45, 2.75) is 0 Å². The van der Waals surface area contributed by atoms with E-state index >= 15 is 0 Å². The average Bonchev–Trinajstić information content (AvgIpc) is 2.46. The quantitative estimate of drug-likeness (QED) is 0.821. The van der Waals surface area contributed by atoms with Crippen LogP contribution in [0.2, 0.25) is 0 Å². The van der Waals surface area contributed by atoms with E-state index in [0.717, 1.165) is 9.13 Å². The Morgan fingerprint density at radius 1 is 1.47 bits per heavy atom. The Hall–Kier alpha value is -1.11. The summed E-state index contributed by atoms with van der Waals surface area (Å²) in [6.07, 6.45) is 0. The van der Waals surface area contributed by atoms with E-state index in [1.807, 2.05) is 24.3 Å². The van der Waals surface area contributed by atoms with Gasteiger partial charge in [0, 0.05) is 16.2 Å². The molecule has 2 aromatic rings. The van der Waals surface area contributed by atoms with Gasteiger partial charge in [0.25, 0.3) is 0 Å². The molecule has 2 rings (SSSR count). The number of nitrogen functional groups attached to an aromatic ring is 1. The molecule has 78 valence electrons. The van der Waals surface area contributed by atoms with Gasteiger partial charge in [-0.25, -0.2) is 9.07 Å². The predicted molar refractivity (Wildman–Crippen MR) is 65.7 cm³/mol. The van der Waals surface area contributed by atoms with Crippen LogP contribution in [0.4, 0.5) is 10.2 Å². The number of anilines is 1. The fourth-order valence-electron chi connectivity index (χ4n) is 1.33. The van der Waals surface area contributed by atoms with E-state index in [9.17, 15) is 4.39 Å². The molecular formula is C10H9FIN3. The van der Waals surface area contributed by atoms with E-state index in [4.69, 9.17) is 5.73 Å². The fraction of sp³-hybridized carbons (Fsp3) is 0.100. The Kier molecular flexibility index (Phi) is 2.64. The number of nitrogens with two attached hydrogens (primary N) is 1. The summed E-state index contributed by atoms with van der Waals surface area (Å²) in [5.41, 5.74) is 6.54. The lowest BCUT2D eigenvalue weighted by Gasteiger charge is -1.97. The van der Waals surface area contributed by atoms with Crippen molar-refractivity contribution in [3.63, 3.8) is 0 Å². The van der Waals surface area contributed by atoms with Crippen molar-refractivity contribution in [3.05, 3.63) is 33.7 Å². The van der Waals surface area contributed by atoms with Gasteiger partial charge in [-0.1, -0.05) is 12.1 Å². The summed E-state index contributed by atoms with van der Waals surface area (Å²) in [4.78, 5) is 0. The van der Waals surface area contributed by atoms with Crippen LogP contribution in [0.5, 0.6) is 0 Å². The van der Waals surface area contributed by atoms with E-state index in [2.05, 4.69) is 27.7 Å². The third-order valence-electron chi connectivity index (χ3n) is 2.13. The Bertz CT molecular complexity index is 507. The number of hydrogen-bond acceptors (Lipinski definition) is 2. The summed E-state index contributed by atoms with van der Waals surface area (Å²) < 4.78 is 16.0. The number of aromatic nitrogens is 2. The SMILES string of the molecule is Cn1nc(-c2cccc(I)c2)c(F)c1N. The molecule has 0 unspecified atom stereocenters. The van der Waals surface area contributed by atoms with Crippen molar-refractivity contribution in [2.75, 3.05) is 5.73 Å². The van der Waals surface area contributed by atoms with Crippen molar-refractivity contribution >= 4 is 28.4 Å². The maximum Gasteiger partial charge on any atom is 0.192 e. The van der Waals surface area contributed by atoms with E-state index in [1.165, 1.54) is 4.68 Å². The van der Waals surface area contributed by atoms with E-state index in [1.54, 1.807) is 7.05 Å². The van der Waals surface area contributed by atoms with Gasteiger partial charge in [-0.05, 0) is 34.7 Å². The van der Waals surface area contributed by atoms with Crippen molar-refractivity contribution in [2.24, 2.45) is 7.05 Å². The third kappa shape index (κ3) is 1.83. The van der Waals surface area contributed by atoms with Gasteiger partial charge < -0.3 is 5.73 Å². The van der Waals surface area contributed by atoms with Gasteiger partial charge in [0.1, 0.15) is 5.69 Å². The van der Waals surface area contributed by atoms with Gasteiger partial charge in [-0.3, -0.25) is 0 Å². The van der Waals surface area contributed by atoms with E-state index in [-0.39, 0.29) is 5.82 Å². The van der Waals surface area contributed by atoms with Crippen LogP contribution >= 0.6 is 22.6 Å². The molecule has 0 bridgehead atoms. The third-order valence-corrected chi connectivity index (χ3v) is 2.80. The highest BCUT2D eigenvalue weighted by Gasteiger charge is 2.14. The molecule has 0 aliphatic heterocycles. The second-order valence-electron chi connectivity index (χ2n) is 3.18. The summed E-state index contributed by atoms with van der Waals surface area (Å²) in [5, 5.41) is 4.03. The number of nitrogens with zero attached hydrogens (tertiary/aromatic N) is 2. The van der Waals surface area contributed by atoms with E-state index in [0.29, 0.717) is 5.69 Å². The van der Waals surface area contributed by atoms with Crippen molar-refractivity contribution in [1.29, 1.82) is 0 Å². The number of benzene rings is 1. The highest BCUT2D eigenvalue weighted by atomic mass is 127. The Labute approximate surface area is 100 Å². The van der Waals surface area contributed by atoms with Gasteiger partial charge in [-0.15, -0.1) is 0 Å². The molecule has 0 aliphatic rings. The Morgan fingerprint density at radius 3 is 2.73 bits per heavy atom. The van der Waals surface area contributed by atoms with Gasteiger partial charge in [0.2, 0.25) is 0 Å². The van der Waals surface area contributed by atoms with Crippen LogP contribution in [0, 0.1) is 9.39 Å². The first-order chi connectivity index (χ1) is 7.09. The standard InChI is InChI=1S/C10H9FIN3/c1-15-10(13)8(11)9(14-15)6-3-2-4-7(12)5-6/h2-5H,13H2,1H3. The van der Waals surface area contributed by atoms with Crippen molar-refractivity contribution < 1.29 is 4.39 Å². The first-order valence-electron chi connectivity index (χ1n) is 4.33. The predicted octanol–water partition coefficient (Wildman–Crippen LogP) is 2.41. The first-order valence-corrected chi connectivity index (χ1v) is 5.41. The molecule has 2 N–H and O–H groups in total. The smallest absolute Gasteiger partial charge is 0.192 e. The molecule has 1 aromatic heterocycles. The molecule has 0 saturated carbocycles. The van der Waals surface area contributed by atoms with Gasteiger partial charge in [-0.2, -0.15) is 5.10 Å². The second kappa shape index (κ2) is 3.80. The number of aryl methyl sites for hydroxylation is 1. The van der Waals surface area contributed by atoms with Crippen LogP contribution in [0.15, 0.2) is 24.3 Å². The largest absolute Gasteiger partial charge is 0.381 e. The summed E-state index contributed by atoms with van der Waals surface area (Å²) in [7, 11) is 1.62. The highest BCUT2D eigenvalue weighted by molar-refractivity contribution is 14.1. The molecule has 0 radical (unpaired) electrons. The van der Waals surface area contributed by atoms with Crippen LogP contribution in [0.3, 0.4) is 0 Å². The minimum absolute atomic E-state index is 0.0591. The van der Waals surface area contributed by atoms with Gasteiger partial charge in [0.05, 0.1) is 0 Å². The topological polar surface area (TPSA) is 43.8 Å². The molecular weight excluding hydrogens is 308 g/mol. The van der Waals surface area contributed by atoms with Crippen LogP contribution in [-0.2, 0) is 7.05 Å². The molecule has 0 fully saturated rings. The second-order valence-corrected chi connectivity index (χ2v) is 4.43. The monoisotopic (exact) mass is 317 g/mol. The lowest BCUT2D eigenvalue weighted by Crippen LogP contribution is -1.97. The van der Waals surface area contributed by atoms with Crippen LogP contribution in [0.1, 0.15) is 0 Å². The van der Waals surface area contributed by atoms with Gasteiger partial charge in [0.15, 0.2) is 11.6 Å². The zero-order chi connectivity index (χ0) is 11.0. The van der Waals surface area contributed by atoms with Crippen LogP contribution in [-0.4, -0.2) is 9.78 Å². The average molecular weight is 317 g/mol. The molecule has 0 spiro atoms. The molecule has 1 aromatic carbocycles. The molecule has 0 aliphatic carbocycles. The maximum absolute atomic E-state index is 13.6. The Balaban J connectivity index is 2.59. The highest BCUT2D eigenvalue weighted by Crippen LogP contribution is 2.25. The Morgan fingerprint density at radius 2 is 2.20 bits per heavy atom. The zero-order valence-electron chi connectivity index (χ0n) is 8.04. The lowest BCUT2D eigenvalue weighted by atomic mass is 10.1. The lowest BCUT2D eigenvalue weighted by molar-refractivity contribution is 0.634. The van der Waals surface area contributed by atoms with Crippen molar-refractivity contribution in [1.82, 2.24) is 9.78 Å². The molecule has 1 heterocycles. The number of hydrogen-bond donors (Lipinski definition) is 1. The molecule has 15 heavy (non-hydrogen) atoms. The summed E-state index contributed by atoms with van der Waals surface area (Å²) >= 11 is 2.17. The summed E-state index contributed by atoms with van der Waals surface area (Å²) in [6, 6.07) is 7.48. The molecule has 3 nitrogen and oxygen atoms in total. The number of halogens is 2. The normalized spacial score (nSPS) is 10.6. The summed E-state index contributed by atoms with van der Waals surface area (Å²) in [6.45, 7) is 0. The van der Waals surface area contributed by atoms with Crippen LogP contribution < -0.4 is 5.73 Å².